The van der Waals surface area contributed by atoms with Gasteiger partial charge in [0.05, 0.1) is 5.92 Å². The van der Waals surface area contributed by atoms with Gasteiger partial charge >= 0.3 is 0 Å². The summed E-state index contributed by atoms with van der Waals surface area (Å²) in [5.74, 6) is -0.110. The van der Waals surface area contributed by atoms with Crippen molar-refractivity contribution in [2.75, 3.05) is 0 Å². The molecule has 0 radical (unpaired) electrons. The standard InChI is InChI=1S/C24H25BrO4/c1-23(2)9-15(26)19-17(11-23)29-18-12-24(3,4)10-16(27)20(18)21(19)22(28)13-6-5-7-14(25)8-13/h5-8,21H,9-12H2,1-4H3. The molecule has 1 aromatic carbocycles. The highest BCUT2D eigenvalue weighted by Crippen LogP contribution is 2.50. The van der Waals surface area contributed by atoms with Crippen molar-refractivity contribution in [3.8, 4) is 0 Å². The molecule has 0 aromatic heterocycles. The van der Waals surface area contributed by atoms with E-state index in [9.17, 15) is 14.4 Å². The summed E-state index contributed by atoms with van der Waals surface area (Å²) in [6, 6.07) is 7.11. The molecule has 0 spiro atoms. The Morgan fingerprint density at radius 3 is 1.93 bits per heavy atom. The molecule has 0 atom stereocenters. The fraction of sp³-hybridized carbons (Fsp3) is 0.458. The summed E-state index contributed by atoms with van der Waals surface area (Å²) < 4.78 is 6.99. The number of hydrogen-bond donors (Lipinski definition) is 0. The van der Waals surface area contributed by atoms with Gasteiger partial charge in [-0.25, -0.2) is 0 Å². The fourth-order valence-corrected chi connectivity index (χ4v) is 5.14. The van der Waals surface area contributed by atoms with Crippen LogP contribution in [0, 0.1) is 16.7 Å². The summed E-state index contributed by atoms with van der Waals surface area (Å²) in [6.07, 6.45) is 1.86. The van der Waals surface area contributed by atoms with Crippen LogP contribution >= 0.6 is 15.9 Å². The van der Waals surface area contributed by atoms with Crippen LogP contribution in [0.25, 0.3) is 0 Å². The normalized spacial score (nSPS) is 23.5. The SMILES string of the molecule is CC1(C)CC(=O)C2=C(C1)OC1=C(C(=O)CC(C)(C)C1)C2C(=O)c1cccc(Br)c1. The average molecular weight is 457 g/mol. The number of Topliss-reactive ketones (excluding diaryl/α,β-unsaturated/α-hetero) is 3. The number of allylic oxidation sites excluding steroid dienone is 4. The van der Waals surface area contributed by atoms with Crippen molar-refractivity contribution in [1.29, 1.82) is 0 Å². The first-order valence-corrected chi connectivity index (χ1v) is 10.8. The molecule has 29 heavy (non-hydrogen) atoms. The molecular weight excluding hydrogens is 432 g/mol. The lowest BCUT2D eigenvalue weighted by molar-refractivity contribution is -0.120. The van der Waals surface area contributed by atoms with Gasteiger partial charge in [-0.15, -0.1) is 0 Å². The van der Waals surface area contributed by atoms with E-state index in [1.807, 2.05) is 33.8 Å². The maximum atomic E-state index is 13.6. The molecule has 0 bridgehead atoms. The van der Waals surface area contributed by atoms with E-state index in [1.165, 1.54) is 0 Å². The molecule has 0 N–H and O–H groups in total. The molecule has 152 valence electrons. The zero-order valence-electron chi connectivity index (χ0n) is 17.2. The zero-order valence-corrected chi connectivity index (χ0v) is 18.8. The molecule has 0 saturated heterocycles. The van der Waals surface area contributed by atoms with Gasteiger partial charge in [-0.3, -0.25) is 14.4 Å². The molecule has 5 heteroatoms. The van der Waals surface area contributed by atoms with Gasteiger partial charge in [0.1, 0.15) is 11.5 Å². The van der Waals surface area contributed by atoms with Crippen molar-refractivity contribution in [1.82, 2.24) is 0 Å². The smallest absolute Gasteiger partial charge is 0.175 e. The van der Waals surface area contributed by atoms with Crippen LogP contribution in [0.4, 0.5) is 0 Å². The Morgan fingerprint density at radius 1 is 0.931 bits per heavy atom. The van der Waals surface area contributed by atoms with Crippen LogP contribution in [-0.4, -0.2) is 17.3 Å². The Balaban J connectivity index is 1.89. The van der Waals surface area contributed by atoms with Crippen molar-refractivity contribution in [2.24, 2.45) is 16.7 Å². The van der Waals surface area contributed by atoms with Crippen molar-refractivity contribution < 1.29 is 19.1 Å². The Hall–Kier alpha value is -2.01. The summed E-state index contributed by atoms with van der Waals surface area (Å²) in [5, 5.41) is 0. The van der Waals surface area contributed by atoms with E-state index in [0.717, 1.165) is 4.47 Å². The molecular formula is C24H25BrO4. The molecule has 1 heterocycles. The van der Waals surface area contributed by atoms with Crippen LogP contribution in [-0.2, 0) is 14.3 Å². The molecule has 0 amide bonds. The highest BCUT2D eigenvalue weighted by Gasteiger charge is 2.49. The van der Waals surface area contributed by atoms with Crippen LogP contribution in [0.1, 0.15) is 63.7 Å². The Morgan fingerprint density at radius 2 is 1.45 bits per heavy atom. The van der Waals surface area contributed by atoms with E-state index in [0.29, 0.717) is 53.9 Å². The second kappa shape index (κ2) is 6.76. The number of hydrogen-bond acceptors (Lipinski definition) is 4. The number of ketones is 3. The number of benzene rings is 1. The number of halogens is 1. The van der Waals surface area contributed by atoms with Gasteiger partial charge in [0.25, 0.3) is 0 Å². The zero-order chi connectivity index (χ0) is 21.1. The lowest BCUT2D eigenvalue weighted by atomic mass is 9.65. The van der Waals surface area contributed by atoms with Crippen molar-refractivity contribution in [3.63, 3.8) is 0 Å². The highest BCUT2D eigenvalue weighted by atomic mass is 79.9. The minimum Gasteiger partial charge on any atom is -0.465 e. The highest BCUT2D eigenvalue weighted by molar-refractivity contribution is 9.10. The minimum atomic E-state index is -0.866. The van der Waals surface area contributed by atoms with E-state index >= 15 is 0 Å². The number of carbonyl (C=O) groups is 3. The van der Waals surface area contributed by atoms with Gasteiger partial charge in [-0.2, -0.15) is 0 Å². The van der Waals surface area contributed by atoms with Crippen molar-refractivity contribution in [2.45, 2.75) is 53.4 Å². The van der Waals surface area contributed by atoms with Gasteiger partial charge in [0.15, 0.2) is 17.3 Å². The summed E-state index contributed by atoms with van der Waals surface area (Å²) in [4.78, 5) is 39.9. The molecule has 1 aromatic rings. The molecule has 3 aliphatic rings. The monoisotopic (exact) mass is 456 g/mol. The third-order valence-corrected chi connectivity index (χ3v) is 6.45. The summed E-state index contributed by atoms with van der Waals surface area (Å²) in [5.41, 5.74) is 0.805. The first-order valence-electron chi connectivity index (χ1n) is 9.98. The lowest BCUT2D eigenvalue weighted by Crippen LogP contribution is -2.41. The average Bonchev–Trinajstić information content (AvgIpc) is 2.57. The lowest BCUT2D eigenvalue weighted by Gasteiger charge is -2.42. The summed E-state index contributed by atoms with van der Waals surface area (Å²) >= 11 is 3.41. The number of rotatable bonds is 2. The number of ether oxygens (including phenoxy) is 1. The van der Waals surface area contributed by atoms with Gasteiger partial charge in [-0.1, -0.05) is 55.8 Å². The largest absolute Gasteiger partial charge is 0.465 e. The van der Waals surface area contributed by atoms with Gasteiger partial charge in [0, 0.05) is 46.9 Å². The van der Waals surface area contributed by atoms with Gasteiger partial charge in [-0.05, 0) is 23.0 Å². The van der Waals surface area contributed by atoms with Crippen molar-refractivity contribution in [3.05, 3.63) is 57.0 Å². The summed E-state index contributed by atoms with van der Waals surface area (Å²) in [6.45, 7) is 8.12. The Bertz CT molecular complexity index is 957. The second-order valence-corrected chi connectivity index (χ2v) is 10.9. The predicted molar refractivity (Wildman–Crippen MR) is 113 cm³/mol. The Kier molecular flexibility index (Phi) is 4.73. The van der Waals surface area contributed by atoms with Crippen LogP contribution < -0.4 is 0 Å². The minimum absolute atomic E-state index is 0.0891. The molecule has 2 aliphatic carbocycles. The molecule has 4 rings (SSSR count). The first kappa shape index (κ1) is 20.3. The van der Waals surface area contributed by atoms with Crippen molar-refractivity contribution >= 4 is 33.3 Å². The Labute approximate surface area is 179 Å². The van der Waals surface area contributed by atoms with Crippen LogP contribution in [0.3, 0.4) is 0 Å². The van der Waals surface area contributed by atoms with Crippen LogP contribution in [0.2, 0.25) is 0 Å². The third-order valence-electron chi connectivity index (χ3n) is 5.95. The van der Waals surface area contributed by atoms with E-state index < -0.39 is 5.92 Å². The molecule has 0 saturated carbocycles. The van der Waals surface area contributed by atoms with E-state index in [-0.39, 0.29) is 28.2 Å². The third kappa shape index (κ3) is 3.65. The van der Waals surface area contributed by atoms with Gasteiger partial charge < -0.3 is 4.74 Å². The second-order valence-electron chi connectivity index (χ2n) is 9.97. The van der Waals surface area contributed by atoms with E-state index in [1.54, 1.807) is 18.2 Å². The maximum absolute atomic E-state index is 13.6. The van der Waals surface area contributed by atoms with Crippen LogP contribution in [0.5, 0.6) is 0 Å². The molecule has 0 unspecified atom stereocenters. The molecule has 0 fully saturated rings. The van der Waals surface area contributed by atoms with E-state index in [4.69, 9.17) is 4.74 Å². The quantitative estimate of drug-likeness (QED) is 0.546. The first-order chi connectivity index (χ1) is 13.5. The van der Waals surface area contributed by atoms with Gasteiger partial charge in [0.2, 0.25) is 0 Å². The number of carbonyl (C=O) groups excluding carboxylic acids is 3. The van der Waals surface area contributed by atoms with Crippen LogP contribution in [0.15, 0.2) is 51.4 Å². The molecule has 1 aliphatic heterocycles. The van der Waals surface area contributed by atoms with E-state index in [2.05, 4.69) is 15.9 Å². The molecule has 4 nitrogen and oxygen atoms in total. The predicted octanol–water partition coefficient (Wildman–Crippen LogP) is 5.56. The topological polar surface area (TPSA) is 60.4 Å². The fourth-order valence-electron chi connectivity index (χ4n) is 4.75. The maximum Gasteiger partial charge on any atom is 0.175 e. The summed E-state index contributed by atoms with van der Waals surface area (Å²) in [7, 11) is 0.